The van der Waals surface area contributed by atoms with Crippen LogP contribution < -0.4 is 5.32 Å². The van der Waals surface area contributed by atoms with Crippen molar-refractivity contribution in [3.63, 3.8) is 0 Å². The zero-order chi connectivity index (χ0) is 13.6. The van der Waals surface area contributed by atoms with E-state index in [9.17, 15) is 0 Å². The summed E-state index contributed by atoms with van der Waals surface area (Å²) >= 11 is 0. The van der Waals surface area contributed by atoms with Gasteiger partial charge in [-0.05, 0) is 46.3 Å². The third kappa shape index (κ3) is 4.46. The molecule has 1 heterocycles. The SMILES string of the molecule is CCCNCc1coc(CN(C)C(C)(C)CC)c1. The summed E-state index contributed by atoms with van der Waals surface area (Å²) in [7, 11) is 2.15. The van der Waals surface area contributed by atoms with E-state index in [1.54, 1.807) is 0 Å². The van der Waals surface area contributed by atoms with Crippen LogP contribution in [0.4, 0.5) is 0 Å². The third-order valence-corrected chi connectivity index (χ3v) is 3.76. The second-order valence-corrected chi connectivity index (χ2v) is 5.62. The molecular weight excluding hydrogens is 224 g/mol. The predicted octanol–water partition coefficient (Wildman–Crippen LogP) is 3.40. The second-order valence-electron chi connectivity index (χ2n) is 5.62. The van der Waals surface area contributed by atoms with Crippen molar-refractivity contribution in [1.82, 2.24) is 10.2 Å². The number of rotatable bonds is 8. The molecule has 0 saturated carbocycles. The molecule has 0 aliphatic rings. The molecule has 0 unspecified atom stereocenters. The maximum atomic E-state index is 5.62. The van der Waals surface area contributed by atoms with E-state index in [-0.39, 0.29) is 5.54 Å². The predicted molar refractivity (Wildman–Crippen MR) is 76.5 cm³/mol. The van der Waals surface area contributed by atoms with Crippen LogP contribution in [0.1, 0.15) is 51.9 Å². The number of nitrogens with zero attached hydrogens (tertiary/aromatic N) is 1. The van der Waals surface area contributed by atoms with Gasteiger partial charge in [0.25, 0.3) is 0 Å². The molecule has 1 aromatic heterocycles. The van der Waals surface area contributed by atoms with Crippen molar-refractivity contribution >= 4 is 0 Å². The molecular formula is C15H28N2O. The molecule has 0 bridgehead atoms. The monoisotopic (exact) mass is 252 g/mol. The van der Waals surface area contributed by atoms with Crippen LogP contribution in [0.3, 0.4) is 0 Å². The molecule has 0 aliphatic carbocycles. The lowest BCUT2D eigenvalue weighted by molar-refractivity contribution is 0.133. The fraction of sp³-hybridized carbons (Fsp3) is 0.733. The van der Waals surface area contributed by atoms with Gasteiger partial charge in [0.05, 0.1) is 12.8 Å². The Labute approximate surface area is 112 Å². The van der Waals surface area contributed by atoms with Gasteiger partial charge in [0.15, 0.2) is 0 Å². The van der Waals surface area contributed by atoms with Gasteiger partial charge < -0.3 is 9.73 Å². The first-order valence-corrected chi connectivity index (χ1v) is 6.97. The van der Waals surface area contributed by atoms with Crippen LogP contribution >= 0.6 is 0 Å². The minimum atomic E-state index is 0.216. The van der Waals surface area contributed by atoms with Crippen molar-refractivity contribution in [3.05, 3.63) is 23.7 Å². The quantitative estimate of drug-likeness (QED) is 0.719. The summed E-state index contributed by atoms with van der Waals surface area (Å²) in [5.74, 6) is 1.05. The lowest BCUT2D eigenvalue weighted by atomic mass is 10.00. The molecule has 18 heavy (non-hydrogen) atoms. The molecule has 104 valence electrons. The number of hydrogen-bond acceptors (Lipinski definition) is 3. The van der Waals surface area contributed by atoms with Crippen LogP contribution in [-0.4, -0.2) is 24.0 Å². The minimum Gasteiger partial charge on any atom is -0.468 e. The molecule has 0 atom stereocenters. The maximum absolute atomic E-state index is 5.62. The smallest absolute Gasteiger partial charge is 0.118 e. The maximum Gasteiger partial charge on any atom is 0.118 e. The Morgan fingerprint density at radius 1 is 1.33 bits per heavy atom. The molecule has 0 aromatic carbocycles. The van der Waals surface area contributed by atoms with E-state index >= 15 is 0 Å². The van der Waals surface area contributed by atoms with Crippen molar-refractivity contribution in [3.8, 4) is 0 Å². The highest BCUT2D eigenvalue weighted by Gasteiger charge is 2.21. The van der Waals surface area contributed by atoms with Gasteiger partial charge in [-0.3, -0.25) is 4.90 Å². The van der Waals surface area contributed by atoms with Gasteiger partial charge in [-0.15, -0.1) is 0 Å². The summed E-state index contributed by atoms with van der Waals surface area (Å²) in [6, 6.07) is 2.16. The number of nitrogens with one attached hydrogen (secondary N) is 1. The van der Waals surface area contributed by atoms with Gasteiger partial charge in [0.2, 0.25) is 0 Å². The summed E-state index contributed by atoms with van der Waals surface area (Å²) < 4.78 is 5.62. The Morgan fingerprint density at radius 2 is 2.06 bits per heavy atom. The summed E-state index contributed by atoms with van der Waals surface area (Å²) in [6.45, 7) is 11.8. The summed E-state index contributed by atoms with van der Waals surface area (Å²) in [6.07, 6.45) is 4.16. The molecule has 0 spiro atoms. The average Bonchev–Trinajstić information content (AvgIpc) is 2.77. The summed E-state index contributed by atoms with van der Waals surface area (Å²) in [4.78, 5) is 2.34. The molecule has 1 aromatic rings. The Kier molecular flexibility index (Phi) is 5.89. The molecule has 0 radical (unpaired) electrons. The van der Waals surface area contributed by atoms with Crippen molar-refractivity contribution in [2.75, 3.05) is 13.6 Å². The van der Waals surface area contributed by atoms with Gasteiger partial charge in [-0.1, -0.05) is 13.8 Å². The van der Waals surface area contributed by atoms with E-state index in [4.69, 9.17) is 4.42 Å². The zero-order valence-electron chi connectivity index (χ0n) is 12.5. The van der Waals surface area contributed by atoms with E-state index < -0.39 is 0 Å². The highest BCUT2D eigenvalue weighted by Crippen LogP contribution is 2.20. The molecule has 3 heteroatoms. The Bertz CT molecular complexity index is 344. The fourth-order valence-electron chi connectivity index (χ4n) is 1.73. The van der Waals surface area contributed by atoms with Crippen LogP contribution in [-0.2, 0) is 13.1 Å². The van der Waals surface area contributed by atoms with E-state index in [2.05, 4.69) is 51.0 Å². The average molecular weight is 252 g/mol. The van der Waals surface area contributed by atoms with Crippen molar-refractivity contribution < 1.29 is 4.42 Å². The Hall–Kier alpha value is -0.800. The molecule has 0 fully saturated rings. The molecule has 1 N–H and O–H groups in total. The number of hydrogen-bond donors (Lipinski definition) is 1. The topological polar surface area (TPSA) is 28.4 Å². The second kappa shape index (κ2) is 6.95. The largest absolute Gasteiger partial charge is 0.468 e. The number of furan rings is 1. The van der Waals surface area contributed by atoms with Crippen molar-refractivity contribution in [1.29, 1.82) is 0 Å². The van der Waals surface area contributed by atoms with Gasteiger partial charge >= 0.3 is 0 Å². The summed E-state index contributed by atoms with van der Waals surface area (Å²) in [5, 5.41) is 3.39. The van der Waals surface area contributed by atoms with Crippen LogP contribution in [0.5, 0.6) is 0 Å². The lowest BCUT2D eigenvalue weighted by Crippen LogP contribution is -2.39. The first-order valence-electron chi connectivity index (χ1n) is 6.97. The van der Waals surface area contributed by atoms with Crippen LogP contribution in [0.25, 0.3) is 0 Å². The van der Waals surface area contributed by atoms with Crippen molar-refractivity contribution in [2.24, 2.45) is 0 Å². The van der Waals surface area contributed by atoms with Crippen LogP contribution in [0.15, 0.2) is 16.7 Å². The highest BCUT2D eigenvalue weighted by atomic mass is 16.3. The van der Waals surface area contributed by atoms with Gasteiger partial charge in [0, 0.05) is 17.6 Å². The van der Waals surface area contributed by atoms with E-state index in [1.807, 2.05) is 6.26 Å². The fourth-order valence-corrected chi connectivity index (χ4v) is 1.73. The Morgan fingerprint density at radius 3 is 2.67 bits per heavy atom. The molecule has 3 nitrogen and oxygen atoms in total. The van der Waals surface area contributed by atoms with E-state index in [1.165, 1.54) is 5.56 Å². The first kappa shape index (κ1) is 15.3. The molecule has 0 saturated heterocycles. The first-order chi connectivity index (χ1) is 8.49. The van der Waals surface area contributed by atoms with Gasteiger partial charge in [-0.25, -0.2) is 0 Å². The van der Waals surface area contributed by atoms with E-state index in [0.29, 0.717) is 0 Å². The van der Waals surface area contributed by atoms with Gasteiger partial charge in [0.1, 0.15) is 5.76 Å². The molecule has 0 amide bonds. The highest BCUT2D eigenvalue weighted by molar-refractivity contribution is 5.12. The molecule has 0 aliphatic heterocycles. The van der Waals surface area contributed by atoms with Crippen LogP contribution in [0.2, 0.25) is 0 Å². The zero-order valence-corrected chi connectivity index (χ0v) is 12.5. The van der Waals surface area contributed by atoms with Crippen LogP contribution in [0, 0.1) is 0 Å². The van der Waals surface area contributed by atoms with E-state index in [0.717, 1.165) is 38.2 Å². The standard InChI is InChI=1S/C15H28N2O/c1-6-8-16-10-13-9-14(18-12-13)11-17(5)15(3,4)7-2/h9,12,16H,6-8,10-11H2,1-5H3. The third-order valence-electron chi connectivity index (χ3n) is 3.76. The normalized spacial score (nSPS) is 12.3. The Balaban J connectivity index is 2.48. The van der Waals surface area contributed by atoms with Gasteiger partial charge in [-0.2, -0.15) is 0 Å². The minimum absolute atomic E-state index is 0.216. The lowest BCUT2D eigenvalue weighted by Gasteiger charge is -2.34. The van der Waals surface area contributed by atoms with Crippen molar-refractivity contribution in [2.45, 2.75) is 59.2 Å². The molecule has 1 rings (SSSR count). The summed E-state index contributed by atoms with van der Waals surface area (Å²) in [5.41, 5.74) is 1.45.